The first kappa shape index (κ1) is 13.9. The van der Waals surface area contributed by atoms with Crippen molar-refractivity contribution >= 4 is 23.2 Å². The Labute approximate surface area is 117 Å². The molecule has 0 saturated carbocycles. The van der Waals surface area contributed by atoms with E-state index in [9.17, 15) is 5.11 Å². The molecule has 1 saturated heterocycles. The zero-order valence-electron chi connectivity index (χ0n) is 10.3. The zero-order chi connectivity index (χ0) is 13.1. The highest BCUT2D eigenvalue weighted by atomic mass is 35.5. The van der Waals surface area contributed by atoms with Gasteiger partial charge in [0, 0.05) is 30.7 Å². The van der Waals surface area contributed by atoms with Crippen LogP contribution in [0.3, 0.4) is 0 Å². The van der Waals surface area contributed by atoms with Crippen LogP contribution in [0, 0.1) is 0 Å². The number of ether oxygens (including phenoxy) is 1. The molecular weight excluding hydrogens is 273 g/mol. The van der Waals surface area contributed by atoms with Crippen molar-refractivity contribution in [3.8, 4) is 5.75 Å². The van der Waals surface area contributed by atoms with E-state index in [0.29, 0.717) is 15.8 Å². The van der Waals surface area contributed by atoms with Gasteiger partial charge in [0.1, 0.15) is 5.75 Å². The van der Waals surface area contributed by atoms with Gasteiger partial charge in [0.15, 0.2) is 0 Å². The van der Waals surface area contributed by atoms with Crippen molar-refractivity contribution in [3.05, 3.63) is 27.7 Å². The predicted molar refractivity (Wildman–Crippen MR) is 73.5 cm³/mol. The summed E-state index contributed by atoms with van der Waals surface area (Å²) >= 11 is 12.3. The fraction of sp³-hybridized carbons (Fsp3) is 0.538. The lowest BCUT2D eigenvalue weighted by molar-refractivity contribution is 0.0792. The quantitative estimate of drug-likeness (QED) is 0.929. The highest BCUT2D eigenvalue weighted by Gasteiger charge is 2.18. The molecule has 2 rings (SSSR count). The van der Waals surface area contributed by atoms with Crippen LogP contribution in [-0.4, -0.2) is 36.3 Å². The number of nitrogens with zero attached hydrogens (tertiary/aromatic N) is 1. The van der Waals surface area contributed by atoms with E-state index in [1.807, 2.05) is 6.07 Å². The molecular formula is C13H17Cl2NO2. The Bertz CT molecular complexity index is 418. The number of aliphatic hydroxyl groups excluding tert-OH is 1. The minimum absolute atomic E-state index is 0.156. The molecule has 0 spiro atoms. The normalized spacial score (nSPS) is 18.0. The molecule has 1 aliphatic heterocycles. The molecule has 0 bridgehead atoms. The standard InChI is InChI=1S/C13H17Cl2NO2/c1-18-13-7-11(14)9(6-12(13)15)8-16-4-2-10(17)3-5-16/h6-7,10,17H,2-5,8H2,1H3. The van der Waals surface area contributed by atoms with Crippen LogP contribution in [-0.2, 0) is 6.54 Å². The van der Waals surface area contributed by atoms with Crippen LogP contribution in [0.5, 0.6) is 5.75 Å². The van der Waals surface area contributed by atoms with Crippen molar-refractivity contribution in [1.82, 2.24) is 4.90 Å². The first-order valence-corrected chi connectivity index (χ1v) is 6.78. The van der Waals surface area contributed by atoms with Gasteiger partial charge in [-0.15, -0.1) is 0 Å². The number of halogens is 2. The highest BCUT2D eigenvalue weighted by Crippen LogP contribution is 2.31. The van der Waals surface area contributed by atoms with Gasteiger partial charge >= 0.3 is 0 Å². The Morgan fingerprint density at radius 3 is 2.56 bits per heavy atom. The monoisotopic (exact) mass is 289 g/mol. The molecule has 1 N–H and O–H groups in total. The lowest BCUT2D eigenvalue weighted by atomic mass is 10.1. The summed E-state index contributed by atoms with van der Waals surface area (Å²) in [6.45, 7) is 2.54. The Hall–Kier alpha value is -0.480. The van der Waals surface area contributed by atoms with Gasteiger partial charge in [-0.2, -0.15) is 0 Å². The Balaban J connectivity index is 2.07. The maximum atomic E-state index is 9.47. The molecule has 1 heterocycles. The molecule has 0 aliphatic carbocycles. The van der Waals surface area contributed by atoms with Gasteiger partial charge in [-0.05, 0) is 24.5 Å². The number of likely N-dealkylation sites (tertiary alicyclic amines) is 1. The van der Waals surface area contributed by atoms with Crippen molar-refractivity contribution in [3.63, 3.8) is 0 Å². The van der Waals surface area contributed by atoms with E-state index in [-0.39, 0.29) is 6.10 Å². The average molecular weight is 290 g/mol. The minimum atomic E-state index is -0.156. The van der Waals surface area contributed by atoms with Crippen molar-refractivity contribution < 1.29 is 9.84 Å². The molecule has 100 valence electrons. The molecule has 1 aromatic carbocycles. The third-order valence-electron chi connectivity index (χ3n) is 3.27. The smallest absolute Gasteiger partial charge is 0.138 e. The largest absolute Gasteiger partial charge is 0.495 e. The van der Waals surface area contributed by atoms with Crippen LogP contribution in [0.15, 0.2) is 12.1 Å². The maximum absolute atomic E-state index is 9.47. The van der Waals surface area contributed by atoms with Crippen LogP contribution >= 0.6 is 23.2 Å². The fourth-order valence-electron chi connectivity index (χ4n) is 2.17. The van der Waals surface area contributed by atoms with Gasteiger partial charge in [0.2, 0.25) is 0 Å². The van der Waals surface area contributed by atoms with E-state index in [0.717, 1.165) is 38.0 Å². The van der Waals surface area contributed by atoms with Crippen molar-refractivity contribution in [2.75, 3.05) is 20.2 Å². The second kappa shape index (κ2) is 6.11. The van der Waals surface area contributed by atoms with E-state index in [1.165, 1.54) is 0 Å². The Morgan fingerprint density at radius 1 is 1.28 bits per heavy atom. The topological polar surface area (TPSA) is 32.7 Å². The summed E-state index contributed by atoms with van der Waals surface area (Å²) in [6.07, 6.45) is 1.49. The van der Waals surface area contributed by atoms with Gasteiger partial charge in [0.05, 0.1) is 18.2 Å². The molecule has 3 nitrogen and oxygen atoms in total. The van der Waals surface area contributed by atoms with Crippen LogP contribution in [0.25, 0.3) is 0 Å². The Kier molecular flexibility index (Phi) is 4.73. The van der Waals surface area contributed by atoms with Crippen molar-refractivity contribution in [1.29, 1.82) is 0 Å². The highest BCUT2D eigenvalue weighted by molar-refractivity contribution is 6.34. The third-order valence-corrected chi connectivity index (χ3v) is 3.92. The number of rotatable bonds is 3. The summed E-state index contributed by atoms with van der Waals surface area (Å²) in [5.74, 6) is 0.597. The zero-order valence-corrected chi connectivity index (χ0v) is 11.8. The summed E-state index contributed by atoms with van der Waals surface area (Å²) in [7, 11) is 1.57. The maximum Gasteiger partial charge on any atom is 0.138 e. The van der Waals surface area contributed by atoms with Crippen molar-refractivity contribution in [2.24, 2.45) is 0 Å². The van der Waals surface area contributed by atoms with Gasteiger partial charge < -0.3 is 9.84 Å². The third kappa shape index (κ3) is 3.29. The number of aliphatic hydroxyl groups is 1. The fourth-order valence-corrected chi connectivity index (χ4v) is 2.64. The molecule has 0 aromatic heterocycles. The second-order valence-electron chi connectivity index (χ2n) is 4.59. The molecule has 0 atom stereocenters. The second-order valence-corrected chi connectivity index (χ2v) is 5.40. The lowest BCUT2D eigenvalue weighted by Crippen LogP contribution is -2.35. The molecule has 1 aliphatic rings. The van der Waals surface area contributed by atoms with Crippen LogP contribution < -0.4 is 4.74 Å². The van der Waals surface area contributed by atoms with Crippen LogP contribution in [0.1, 0.15) is 18.4 Å². The number of hydrogen-bond acceptors (Lipinski definition) is 3. The van der Waals surface area contributed by atoms with E-state index >= 15 is 0 Å². The average Bonchev–Trinajstić information content (AvgIpc) is 2.36. The molecule has 0 amide bonds. The molecule has 0 radical (unpaired) electrons. The summed E-state index contributed by atoms with van der Waals surface area (Å²) in [5.41, 5.74) is 0.999. The van der Waals surface area contributed by atoms with E-state index in [2.05, 4.69) is 4.90 Å². The number of benzene rings is 1. The molecule has 5 heteroatoms. The molecule has 0 unspecified atom stereocenters. The Morgan fingerprint density at radius 2 is 1.94 bits per heavy atom. The lowest BCUT2D eigenvalue weighted by Gasteiger charge is -2.29. The van der Waals surface area contributed by atoms with Gasteiger partial charge in [0.25, 0.3) is 0 Å². The summed E-state index contributed by atoms with van der Waals surface area (Å²) in [5, 5.41) is 10.7. The molecule has 18 heavy (non-hydrogen) atoms. The predicted octanol–water partition coefficient (Wildman–Crippen LogP) is 2.96. The number of hydrogen-bond donors (Lipinski definition) is 1. The minimum Gasteiger partial charge on any atom is -0.495 e. The van der Waals surface area contributed by atoms with E-state index in [1.54, 1.807) is 13.2 Å². The van der Waals surface area contributed by atoms with Crippen LogP contribution in [0.2, 0.25) is 10.0 Å². The van der Waals surface area contributed by atoms with Crippen LogP contribution in [0.4, 0.5) is 0 Å². The summed E-state index contributed by atoms with van der Waals surface area (Å²) < 4.78 is 5.12. The van der Waals surface area contributed by atoms with Gasteiger partial charge in [-0.3, -0.25) is 4.90 Å². The number of piperidine rings is 1. The van der Waals surface area contributed by atoms with E-state index < -0.39 is 0 Å². The van der Waals surface area contributed by atoms with E-state index in [4.69, 9.17) is 27.9 Å². The number of methoxy groups -OCH3 is 1. The summed E-state index contributed by atoms with van der Waals surface area (Å²) in [4.78, 5) is 2.27. The SMILES string of the molecule is COc1cc(Cl)c(CN2CCC(O)CC2)cc1Cl. The molecule has 1 aromatic rings. The summed E-state index contributed by atoms with van der Waals surface area (Å²) in [6, 6.07) is 3.60. The molecule has 1 fully saturated rings. The first-order chi connectivity index (χ1) is 8.60. The first-order valence-electron chi connectivity index (χ1n) is 6.02. The van der Waals surface area contributed by atoms with Gasteiger partial charge in [-0.25, -0.2) is 0 Å². The van der Waals surface area contributed by atoms with Gasteiger partial charge in [-0.1, -0.05) is 23.2 Å². The van der Waals surface area contributed by atoms with Crippen molar-refractivity contribution in [2.45, 2.75) is 25.5 Å².